The van der Waals surface area contributed by atoms with Crippen LogP contribution in [0.1, 0.15) is 43.6 Å². The monoisotopic (exact) mass is 290 g/mol. The van der Waals surface area contributed by atoms with E-state index in [1.165, 1.54) is 0 Å². The maximum absolute atomic E-state index is 12.3. The van der Waals surface area contributed by atoms with E-state index in [1.807, 2.05) is 51.7 Å². The molecule has 0 atom stereocenters. The number of carbonyl (C=O) groups is 2. The molecule has 1 amide bonds. The second kappa shape index (κ2) is 7.93. The van der Waals surface area contributed by atoms with E-state index in [4.69, 9.17) is 0 Å². The Morgan fingerprint density at radius 3 is 2.33 bits per heavy atom. The molecule has 0 spiro atoms. The van der Waals surface area contributed by atoms with Crippen LogP contribution in [0, 0.1) is 12.8 Å². The van der Waals surface area contributed by atoms with Crippen molar-refractivity contribution in [2.45, 2.75) is 34.6 Å². The zero-order chi connectivity index (χ0) is 16.0. The standard InChI is InChI=1S/C17H26N2O2/c1-6-19(7-2)11-15(20)18-16-13(5)9-8-10-14(16)17(21)12(3)4/h8-10,12H,6-7,11H2,1-5H3,(H,18,20). The topological polar surface area (TPSA) is 49.4 Å². The molecule has 1 aromatic carbocycles. The van der Waals surface area contributed by atoms with Gasteiger partial charge in [0.25, 0.3) is 0 Å². The molecule has 0 aromatic heterocycles. The molecule has 1 rings (SSSR count). The fourth-order valence-electron chi connectivity index (χ4n) is 2.18. The van der Waals surface area contributed by atoms with Gasteiger partial charge in [-0.1, -0.05) is 39.8 Å². The number of hydrogen-bond acceptors (Lipinski definition) is 3. The van der Waals surface area contributed by atoms with Gasteiger partial charge in [-0.2, -0.15) is 0 Å². The van der Waals surface area contributed by atoms with Crippen LogP contribution in [0.25, 0.3) is 0 Å². The summed E-state index contributed by atoms with van der Waals surface area (Å²) in [6, 6.07) is 5.54. The van der Waals surface area contributed by atoms with Gasteiger partial charge in [-0.05, 0) is 31.6 Å². The Bertz CT molecular complexity index is 506. The van der Waals surface area contributed by atoms with Gasteiger partial charge in [0.2, 0.25) is 5.91 Å². The SMILES string of the molecule is CCN(CC)CC(=O)Nc1c(C)cccc1C(=O)C(C)C. The molecule has 0 aliphatic rings. The number of ketones is 1. The molecule has 0 heterocycles. The first-order valence-corrected chi connectivity index (χ1v) is 7.56. The van der Waals surface area contributed by atoms with E-state index in [0.29, 0.717) is 17.8 Å². The van der Waals surface area contributed by atoms with E-state index in [2.05, 4.69) is 5.32 Å². The molecule has 21 heavy (non-hydrogen) atoms. The molecule has 0 saturated carbocycles. The number of nitrogens with zero attached hydrogens (tertiary/aromatic N) is 1. The first-order valence-electron chi connectivity index (χ1n) is 7.56. The number of carbonyl (C=O) groups excluding carboxylic acids is 2. The first-order chi connectivity index (χ1) is 9.90. The highest BCUT2D eigenvalue weighted by Crippen LogP contribution is 2.23. The highest BCUT2D eigenvalue weighted by Gasteiger charge is 2.18. The number of Topliss-reactive ketones (excluding diaryl/α,β-unsaturated/α-hetero) is 1. The van der Waals surface area contributed by atoms with Gasteiger partial charge >= 0.3 is 0 Å². The second-order valence-electron chi connectivity index (χ2n) is 5.53. The highest BCUT2D eigenvalue weighted by molar-refractivity contribution is 6.06. The van der Waals surface area contributed by atoms with Gasteiger partial charge in [-0.15, -0.1) is 0 Å². The average Bonchev–Trinajstić information content (AvgIpc) is 2.46. The minimum atomic E-state index is -0.0924. The summed E-state index contributed by atoms with van der Waals surface area (Å²) in [7, 11) is 0. The van der Waals surface area contributed by atoms with Gasteiger partial charge < -0.3 is 5.32 Å². The normalized spacial score (nSPS) is 11.0. The Morgan fingerprint density at radius 1 is 1.19 bits per heavy atom. The fourth-order valence-corrected chi connectivity index (χ4v) is 2.18. The van der Waals surface area contributed by atoms with Crippen molar-refractivity contribution in [3.05, 3.63) is 29.3 Å². The Balaban J connectivity index is 2.97. The first kappa shape index (κ1) is 17.4. The van der Waals surface area contributed by atoms with Crippen molar-refractivity contribution in [2.75, 3.05) is 25.0 Å². The molecule has 116 valence electrons. The Hall–Kier alpha value is -1.68. The van der Waals surface area contributed by atoms with Gasteiger partial charge in [-0.25, -0.2) is 0 Å². The molecular weight excluding hydrogens is 264 g/mol. The Morgan fingerprint density at radius 2 is 1.81 bits per heavy atom. The summed E-state index contributed by atoms with van der Waals surface area (Å²) in [5.41, 5.74) is 2.15. The van der Waals surface area contributed by atoms with Crippen LogP contribution in [0.3, 0.4) is 0 Å². The number of rotatable bonds is 7. The van der Waals surface area contributed by atoms with Gasteiger partial charge in [0.1, 0.15) is 0 Å². The number of amides is 1. The van der Waals surface area contributed by atoms with Crippen LogP contribution in [0.15, 0.2) is 18.2 Å². The molecular formula is C17H26N2O2. The maximum Gasteiger partial charge on any atom is 0.238 e. The molecule has 0 unspecified atom stereocenters. The van der Waals surface area contributed by atoms with Crippen molar-refractivity contribution >= 4 is 17.4 Å². The summed E-state index contributed by atoms with van der Waals surface area (Å²) in [4.78, 5) is 26.5. The van der Waals surface area contributed by atoms with Crippen LogP contribution in [0.2, 0.25) is 0 Å². The van der Waals surface area contributed by atoms with Gasteiger partial charge in [-0.3, -0.25) is 14.5 Å². The van der Waals surface area contributed by atoms with Crippen molar-refractivity contribution in [3.63, 3.8) is 0 Å². The van der Waals surface area contributed by atoms with Crippen molar-refractivity contribution < 1.29 is 9.59 Å². The van der Waals surface area contributed by atoms with E-state index in [1.54, 1.807) is 6.07 Å². The second-order valence-corrected chi connectivity index (χ2v) is 5.53. The third-order valence-electron chi connectivity index (χ3n) is 3.59. The van der Waals surface area contributed by atoms with E-state index >= 15 is 0 Å². The van der Waals surface area contributed by atoms with Crippen LogP contribution in [0.4, 0.5) is 5.69 Å². The van der Waals surface area contributed by atoms with Gasteiger partial charge in [0.05, 0.1) is 12.2 Å². The summed E-state index contributed by atoms with van der Waals surface area (Å²) in [6.45, 7) is 11.7. The quantitative estimate of drug-likeness (QED) is 0.785. The van der Waals surface area contributed by atoms with Crippen LogP contribution < -0.4 is 5.32 Å². The minimum absolute atomic E-state index is 0.0526. The number of likely N-dealkylation sites (N-methyl/N-ethyl adjacent to an activating group) is 1. The zero-order valence-electron chi connectivity index (χ0n) is 13.7. The molecule has 4 heteroatoms. The third-order valence-corrected chi connectivity index (χ3v) is 3.59. The van der Waals surface area contributed by atoms with Crippen molar-refractivity contribution in [1.82, 2.24) is 4.90 Å². The predicted octanol–water partition coefficient (Wildman–Crippen LogP) is 3.11. The Kier molecular flexibility index (Phi) is 6.56. The lowest BCUT2D eigenvalue weighted by atomic mass is 9.97. The molecule has 1 N–H and O–H groups in total. The van der Waals surface area contributed by atoms with Crippen LogP contribution in [-0.2, 0) is 4.79 Å². The largest absolute Gasteiger partial charge is 0.324 e. The third kappa shape index (κ3) is 4.67. The smallest absolute Gasteiger partial charge is 0.238 e. The van der Waals surface area contributed by atoms with Crippen LogP contribution in [0.5, 0.6) is 0 Å². The number of anilines is 1. The molecule has 1 aromatic rings. The number of para-hydroxylation sites is 1. The van der Waals surface area contributed by atoms with Crippen LogP contribution in [-0.4, -0.2) is 36.2 Å². The van der Waals surface area contributed by atoms with Crippen molar-refractivity contribution in [3.8, 4) is 0 Å². The summed E-state index contributed by atoms with van der Waals surface area (Å²) in [5.74, 6) is -0.118. The number of hydrogen-bond donors (Lipinski definition) is 1. The average molecular weight is 290 g/mol. The molecule has 0 bridgehead atoms. The lowest BCUT2D eigenvalue weighted by molar-refractivity contribution is -0.117. The van der Waals surface area contributed by atoms with E-state index in [9.17, 15) is 9.59 Å². The maximum atomic E-state index is 12.3. The van der Waals surface area contributed by atoms with Gasteiger partial charge in [0, 0.05) is 11.5 Å². The van der Waals surface area contributed by atoms with E-state index < -0.39 is 0 Å². The molecule has 0 saturated heterocycles. The molecule has 0 aliphatic heterocycles. The molecule has 0 aliphatic carbocycles. The van der Waals surface area contributed by atoms with Gasteiger partial charge in [0.15, 0.2) is 5.78 Å². The lowest BCUT2D eigenvalue weighted by Crippen LogP contribution is -2.33. The predicted molar refractivity (Wildman–Crippen MR) is 86.8 cm³/mol. The fraction of sp³-hybridized carbons (Fsp3) is 0.529. The summed E-state index contributed by atoms with van der Waals surface area (Å²) < 4.78 is 0. The number of benzene rings is 1. The number of nitrogens with one attached hydrogen (secondary N) is 1. The number of aryl methyl sites for hydroxylation is 1. The lowest BCUT2D eigenvalue weighted by Gasteiger charge is -2.19. The molecule has 0 fully saturated rings. The Labute approximate surface area is 127 Å². The zero-order valence-corrected chi connectivity index (χ0v) is 13.7. The molecule has 0 radical (unpaired) electrons. The summed E-state index contributed by atoms with van der Waals surface area (Å²) in [6.07, 6.45) is 0. The highest BCUT2D eigenvalue weighted by atomic mass is 16.2. The summed E-state index contributed by atoms with van der Waals surface area (Å²) in [5, 5.41) is 2.91. The minimum Gasteiger partial charge on any atom is -0.324 e. The van der Waals surface area contributed by atoms with E-state index in [0.717, 1.165) is 18.7 Å². The van der Waals surface area contributed by atoms with Crippen LogP contribution >= 0.6 is 0 Å². The molecule has 4 nitrogen and oxygen atoms in total. The van der Waals surface area contributed by atoms with Crippen molar-refractivity contribution in [1.29, 1.82) is 0 Å². The van der Waals surface area contributed by atoms with E-state index in [-0.39, 0.29) is 17.6 Å². The summed E-state index contributed by atoms with van der Waals surface area (Å²) >= 11 is 0. The van der Waals surface area contributed by atoms with Crippen molar-refractivity contribution in [2.24, 2.45) is 5.92 Å².